The second kappa shape index (κ2) is 4.49. The number of nitrogens with zero attached hydrogens (tertiary/aromatic N) is 3. The molecule has 0 unspecified atom stereocenters. The molecule has 2 heterocycles. The van der Waals surface area contributed by atoms with E-state index in [0.717, 1.165) is 19.9 Å². The Kier molecular flexibility index (Phi) is 2.83. The summed E-state index contributed by atoms with van der Waals surface area (Å²) in [4.78, 5) is 12.9. The molecule has 0 fully saturated rings. The fraction of sp³-hybridized carbons (Fsp3) is 0. The smallest absolute Gasteiger partial charge is 0.163 e. The van der Waals surface area contributed by atoms with Crippen LogP contribution < -0.4 is 5.73 Å². The number of rotatable bonds is 1. The number of fused-ring (bicyclic) bond motifs is 1. The van der Waals surface area contributed by atoms with E-state index in [1.54, 1.807) is 12.4 Å². The van der Waals surface area contributed by atoms with E-state index in [1.165, 1.54) is 0 Å². The van der Waals surface area contributed by atoms with Gasteiger partial charge in [-0.05, 0) is 28.0 Å². The number of aromatic nitrogens is 3. The fourth-order valence-electron chi connectivity index (χ4n) is 1.80. The molecule has 1 aromatic carbocycles. The molecule has 0 aliphatic heterocycles. The number of halogens is 1. The van der Waals surface area contributed by atoms with E-state index < -0.39 is 0 Å². The van der Waals surface area contributed by atoms with Crippen LogP contribution in [0.4, 0.5) is 5.82 Å². The molecule has 0 radical (unpaired) electrons. The highest BCUT2D eigenvalue weighted by Crippen LogP contribution is 2.25. The van der Waals surface area contributed by atoms with Crippen molar-refractivity contribution in [1.82, 2.24) is 15.0 Å². The van der Waals surface area contributed by atoms with Gasteiger partial charge in [-0.15, -0.1) is 0 Å². The number of anilines is 1. The zero-order chi connectivity index (χ0) is 12.5. The standard InChI is InChI=1S/C13H9IN4/c14-11-7-17-13(18-12(11)15)10-6-16-5-8-3-1-2-4-9(8)10/h1-7H,(H2,15,17,18). The molecule has 0 spiro atoms. The zero-order valence-corrected chi connectivity index (χ0v) is 11.5. The third-order valence-corrected chi connectivity index (χ3v) is 3.51. The molecule has 0 saturated heterocycles. The van der Waals surface area contributed by atoms with Crippen LogP contribution in [0.15, 0.2) is 42.9 Å². The first-order valence-electron chi connectivity index (χ1n) is 5.37. The minimum Gasteiger partial charge on any atom is -0.383 e. The number of hydrogen-bond acceptors (Lipinski definition) is 4. The van der Waals surface area contributed by atoms with Crippen molar-refractivity contribution in [2.75, 3.05) is 5.73 Å². The van der Waals surface area contributed by atoms with E-state index in [0.29, 0.717) is 11.6 Å². The Hall–Kier alpha value is -1.76. The van der Waals surface area contributed by atoms with Crippen LogP contribution in [0.3, 0.4) is 0 Å². The van der Waals surface area contributed by atoms with E-state index in [2.05, 4.69) is 37.5 Å². The predicted molar refractivity (Wildman–Crippen MR) is 79.9 cm³/mol. The molecule has 0 amide bonds. The van der Waals surface area contributed by atoms with Crippen LogP contribution in [-0.2, 0) is 0 Å². The molecule has 0 saturated carbocycles. The number of pyridine rings is 1. The van der Waals surface area contributed by atoms with Crippen molar-refractivity contribution < 1.29 is 0 Å². The lowest BCUT2D eigenvalue weighted by molar-refractivity contribution is 1.16. The highest BCUT2D eigenvalue weighted by Gasteiger charge is 2.08. The third kappa shape index (κ3) is 1.90. The molecule has 2 aromatic heterocycles. The van der Waals surface area contributed by atoms with Gasteiger partial charge in [-0.3, -0.25) is 4.98 Å². The lowest BCUT2D eigenvalue weighted by Crippen LogP contribution is -1.98. The van der Waals surface area contributed by atoms with Crippen LogP contribution in [-0.4, -0.2) is 15.0 Å². The van der Waals surface area contributed by atoms with Gasteiger partial charge in [0.15, 0.2) is 5.82 Å². The van der Waals surface area contributed by atoms with Crippen LogP contribution in [0.2, 0.25) is 0 Å². The van der Waals surface area contributed by atoms with Gasteiger partial charge in [0.2, 0.25) is 0 Å². The number of nitrogen functional groups attached to an aromatic ring is 1. The highest BCUT2D eigenvalue weighted by atomic mass is 127. The first kappa shape index (κ1) is 11.3. The van der Waals surface area contributed by atoms with Gasteiger partial charge in [0, 0.05) is 29.5 Å². The Morgan fingerprint density at radius 3 is 2.72 bits per heavy atom. The first-order chi connectivity index (χ1) is 8.75. The van der Waals surface area contributed by atoms with Crippen molar-refractivity contribution in [3.8, 4) is 11.4 Å². The number of benzene rings is 1. The first-order valence-corrected chi connectivity index (χ1v) is 6.45. The molecule has 3 aromatic rings. The molecule has 2 N–H and O–H groups in total. The van der Waals surface area contributed by atoms with E-state index in [-0.39, 0.29) is 0 Å². The lowest BCUT2D eigenvalue weighted by atomic mass is 10.1. The van der Waals surface area contributed by atoms with Gasteiger partial charge in [0.1, 0.15) is 5.82 Å². The van der Waals surface area contributed by atoms with Gasteiger partial charge >= 0.3 is 0 Å². The molecular weight excluding hydrogens is 339 g/mol. The third-order valence-electron chi connectivity index (χ3n) is 2.68. The van der Waals surface area contributed by atoms with Crippen LogP contribution in [0.5, 0.6) is 0 Å². The molecule has 18 heavy (non-hydrogen) atoms. The van der Waals surface area contributed by atoms with Gasteiger partial charge < -0.3 is 5.73 Å². The summed E-state index contributed by atoms with van der Waals surface area (Å²) < 4.78 is 0.851. The maximum Gasteiger partial charge on any atom is 0.163 e. The zero-order valence-electron chi connectivity index (χ0n) is 9.34. The van der Waals surface area contributed by atoms with Gasteiger partial charge in [-0.25, -0.2) is 9.97 Å². The predicted octanol–water partition coefficient (Wildman–Crippen LogP) is 2.88. The van der Waals surface area contributed by atoms with Gasteiger partial charge in [-0.2, -0.15) is 0 Å². The molecule has 0 bridgehead atoms. The molecular formula is C13H9IN4. The van der Waals surface area contributed by atoms with E-state index in [4.69, 9.17) is 5.73 Å². The molecule has 5 heteroatoms. The quantitative estimate of drug-likeness (QED) is 0.687. The fourth-order valence-corrected chi connectivity index (χ4v) is 2.06. The molecule has 3 rings (SSSR count). The Morgan fingerprint density at radius 2 is 1.89 bits per heavy atom. The van der Waals surface area contributed by atoms with Crippen LogP contribution >= 0.6 is 22.6 Å². The van der Waals surface area contributed by atoms with Gasteiger partial charge in [0.05, 0.1) is 3.57 Å². The van der Waals surface area contributed by atoms with Crippen LogP contribution in [0, 0.1) is 3.57 Å². The summed E-state index contributed by atoms with van der Waals surface area (Å²) >= 11 is 2.11. The average molecular weight is 348 g/mol. The second-order valence-corrected chi connectivity index (χ2v) is 5.00. The second-order valence-electron chi connectivity index (χ2n) is 3.83. The van der Waals surface area contributed by atoms with Crippen molar-refractivity contribution in [1.29, 1.82) is 0 Å². The van der Waals surface area contributed by atoms with Crippen molar-refractivity contribution in [2.24, 2.45) is 0 Å². The lowest BCUT2D eigenvalue weighted by Gasteiger charge is -2.05. The molecule has 4 nitrogen and oxygen atoms in total. The van der Waals surface area contributed by atoms with Gasteiger partial charge in [0.25, 0.3) is 0 Å². The summed E-state index contributed by atoms with van der Waals surface area (Å²) in [5.41, 5.74) is 6.72. The summed E-state index contributed by atoms with van der Waals surface area (Å²) in [5, 5.41) is 2.14. The van der Waals surface area contributed by atoms with E-state index in [9.17, 15) is 0 Å². The normalized spacial score (nSPS) is 10.7. The Balaban J connectivity index is 2.28. The molecule has 0 aliphatic carbocycles. The summed E-state index contributed by atoms with van der Waals surface area (Å²) in [6.45, 7) is 0. The Morgan fingerprint density at radius 1 is 1.06 bits per heavy atom. The number of nitrogens with two attached hydrogens (primary N) is 1. The maximum absolute atomic E-state index is 5.82. The van der Waals surface area contributed by atoms with Crippen LogP contribution in [0.1, 0.15) is 0 Å². The molecule has 0 aliphatic rings. The molecule has 0 atom stereocenters. The SMILES string of the molecule is Nc1nc(-c2cncc3ccccc23)ncc1I. The summed E-state index contributed by atoms with van der Waals surface area (Å²) in [5.74, 6) is 1.10. The largest absolute Gasteiger partial charge is 0.383 e. The van der Waals surface area contributed by atoms with Crippen molar-refractivity contribution in [2.45, 2.75) is 0 Å². The Bertz CT molecular complexity index is 722. The molecule has 88 valence electrons. The van der Waals surface area contributed by atoms with Crippen molar-refractivity contribution in [3.63, 3.8) is 0 Å². The van der Waals surface area contributed by atoms with Crippen molar-refractivity contribution >= 4 is 39.2 Å². The number of hydrogen-bond donors (Lipinski definition) is 1. The minimum absolute atomic E-state index is 0.494. The van der Waals surface area contributed by atoms with E-state index >= 15 is 0 Å². The topological polar surface area (TPSA) is 64.7 Å². The van der Waals surface area contributed by atoms with Gasteiger partial charge in [-0.1, -0.05) is 24.3 Å². The summed E-state index contributed by atoms with van der Waals surface area (Å²) in [6.07, 6.45) is 5.32. The van der Waals surface area contributed by atoms with Crippen molar-refractivity contribution in [3.05, 3.63) is 46.4 Å². The van der Waals surface area contributed by atoms with Crippen LogP contribution in [0.25, 0.3) is 22.2 Å². The minimum atomic E-state index is 0.494. The average Bonchev–Trinajstić information content (AvgIpc) is 2.41. The summed E-state index contributed by atoms with van der Waals surface area (Å²) in [7, 11) is 0. The highest BCUT2D eigenvalue weighted by molar-refractivity contribution is 14.1. The van der Waals surface area contributed by atoms with E-state index in [1.807, 2.05) is 30.5 Å². The summed E-state index contributed by atoms with van der Waals surface area (Å²) in [6, 6.07) is 8.02. The maximum atomic E-state index is 5.82. The Labute approximate surface area is 117 Å². The monoisotopic (exact) mass is 348 g/mol.